The number of benzene rings is 2. The Balaban J connectivity index is 1.39. The van der Waals surface area contributed by atoms with E-state index in [4.69, 9.17) is 4.98 Å². The van der Waals surface area contributed by atoms with Crippen molar-refractivity contribution in [1.29, 1.82) is 0 Å². The Morgan fingerprint density at radius 1 is 1.15 bits per heavy atom. The van der Waals surface area contributed by atoms with Crippen molar-refractivity contribution in [2.45, 2.75) is 39.2 Å². The summed E-state index contributed by atoms with van der Waals surface area (Å²) < 4.78 is 15.3. The SMILES string of the molecule is Cc1cccc2nc(CN3CCCC(CCc4ccc(F)cc4)C3)n(C)c12. The molecule has 27 heavy (non-hydrogen) atoms. The summed E-state index contributed by atoms with van der Waals surface area (Å²) in [6.07, 6.45) is 4.74. The number of halogens is 1. The minimum atomic E-state index is -0.153. The molecule has 0 amide bonds. The quantitative estimate of drug-likeness (QED) is 0.643. The molecule has 0 N–H and O–H groups in total. The molecule has 1 saturated heterocycles. The summed E-state index contributed by atoms with van der Waals surface area (Å²) in [6.45, 7) is 5.34. The van der Waals surface area contributed by atoms with Crippen LogP contribution in [-0.4, -0.2) is 27.5 Å². The minimum Gasteiger partial charge on any atom is -0.330 e. The van der Waals surface area contributed by atoms with Gasteiger partial charge in [-0.1, -0.05) is 24.3 Å². The summed E-state index contributed by atoms with van der Waals surface area (Å²) in [5.41, 5.74) is 4.86. The lowest BCUT2D eigenvalue weighted by Crippen LogP contribution is -2.35. The van der Waals surface area contributed by atoms with Gasteiger partial charge in [0.25, 0.3) is 0 Å². The highest BCUT2D eigenvalue weighted by molar-refractivity contribution is 5.79. The third-order valence-electron chi connectivity index (χ3n) is 5.91. The van der Waals surface area contributed by atoms with Crippen LogP contribution in [0.5, 0.6) is 0 Å². The van der Waals surface area contributed by atoms with Crippen molar-refractivity contribution in [3.8, 4) is 0 Å². The Bertz CT molecular complexity index is 913. The van der Waals surface area contributed by atoms with Gasteiger partial charge in [-0.2, -0.15) is 0 Å². The number of hydrogen-bond donors (Lipinski definition) is 0. The molecule has 0 spiro atoms. The largest absolute Gasteiger partial charge is 0.330 e. The van der Waals surface area contributed by atoms with E-state index in [9.17, 15) is 4.39 Å². The molecule has 142 valence electrons. The summed E-state index contributed by atoms with van der Waals surface area (Å²) in [4.78, 5) is 7.43. The lowest BCUT2D eigenvalue weighted by atomic mass is 9.91. The second-order valence-electron chi connectivity index (χ2n) is 7.94. The van der Waals surface area contributed by atoms with Crippen molar-refractivity contribution in [3.05, 3.63) is 65.2 Å². The van der Waals surface area contributed by atoms with Gasteiger partial charge in [0.15, 0.2) is 0 Å². The Morgan fingerprint density at radius 3 is 2.74 bits per heavy atom. The molecule has 1 aliphatic heterocycles. The minimum absolute atomic E-state index is 0.153. The van der Waals surface area contributed by atoms with Crippen LogP contribution in [0.25, 0.3) is 11.0 Å². The first kappa shape index (κ1) is 18.2. The van der Waals surface area contributed by atoms with E-state index < -0.39 is 0 Å². The molecule has 2 heterocycles. The number of fused-ring (bicyclic) bond motifs is 1. The summed E-state index contributed by atoms with van der Waals surface area (Å²) in [5.74, 6) is 1.71. The van der Waals surface area contributed by atoms with Crippen molar-refractivity contribution in [2.24, 2.45) is 13.0 Å². The van der Waals surface area contributed by atoms with Gasteiger partial charge >= 0.3 is 0 Å². The Labute approximate surface area is 160 Å². The Hall–Kier alpha value is -2.20. The first-order chi connectivity index (χ1) is 13.1. The van der Waals surface area contributed by atoms with E-state index >= 15 is 0 Å². The van der Waals surface area contributed by atoms with E-state index in [-0.39, 0.29) is 5.82 Å². The number of hydrogen-bond acceptors (Lipinski definition) is 2. The lowest BCUT2D eigenvalue weighted by molar-refractivity contribution is 0.157. The molecular formula is C23H28FN3. The van der Waals surface area contributed by atoms with E-state index in [0.29, 0.717) is 5.92 Å². The molecule has 3 nitrogen and oxygen atoms in total. The molecule has 0 radical (unpaired) electrons. The molecule has 3 aromatic rings. The second-order valence-corrected chi connectivity index (χ2v) is 7.94. The van der Waals surface area contributed by atoms with Crippen molar-refractivity contribution in [3.63, 3.8) is 0 Å². The van der Waals surface area contributed by atoms with E-state index in [0.717, 1.165) is 37.4 Å². The highest BCUT2D eigenvalue weighted by Gasteiger charge is 2.21. The third kappa shape index (κ3) is 4.06. The zero-order chi connectivity index (χ0) is 18.8. The van der Waals surface area contributed by atoms with Crippen LogP contribution < -0.4 is 0 Å². The van der Waals surface area contributed by atoms with Crippen LogP contribution in [0.2, 0.25) is 0 Å². The number of likely N-dealkylation sites (tertiary alicyclic amines) is 1. The number of aromatic nitrogens is 2. The van der Waals surface area contributed by atoms with E-state index in [1.54, 1.807) is 12.1 Å². The van der Waals surface area contributed by atoms with Crippen LogP contribution >= 0.6 is 0 Å². The number of rotatable bonds is 5. The molecule has 0 saturated carbocycles. The lowest BCUT2D eigenvalue weighted by Gasteiger charge is -2.32. The number of nitrogens with zero attached hydrogens (tertiary/aromatic N) is 3. The molecule has 4 heteroatoms. The van der Waals surface area contributed by atoms with Crippen LogP contribution in [0.4, 0.5) is 4.39 Å². The molecule has 1 unspecified atom stereocenters. The first-order valence-electron chi connectivity index (χ1n) is 9.98. The van der Waals surface area contributed by atoms with Gasteiger partial charge < -0.3 is 4.57 Å². The van der Waals surface area contributed by atoms with Gasteiger partial charge in [-0.15, -0.1) is 0 Å². The predicted octanol–water partition coefficient (Wildman–Crippen LogP) is 4.87. The Kier molecular flexibility index (Phi) is 5.26. The number of piperidine rings is 1. The summed E-state index contributed by atoms with van der Waals surface area (Å²) in [5, 5.41) is 0. The maximum Gasteiger partial charge on any atom is 0.123 e. The summed E-state index contributed by atoms with van der Waals surface area (Å²) >= 11 is 0. The van der Waals surface area contributed by atoms with Gasteiger partial charge in [0.2, 0.25) is 0 Å². The Morgan fingerprint density at radius 2 is 1.96 bits per heavy atom. The summed E-state index contributed by atoms with van der Waals surface area (Å²) in [6, 6.07) is 13.3. The third-order valence-corrected chi connectivity index (χ3v) is 5.91. The first-order valence-corrected chi connectivity index (χ1v) is 9.98. The van der Waals surface area contributed by atoms with Crippen LogP contribution in [0.3, 0.4) is 0 Å². The zero-order valence-corrected chi connectivity index (χ0v) is 16.3. The zero-order valence-electron chi connectivity index (χ0n) is 16.3. The average Bonchev–Trinajstić information content (AvgIpc) is 2.98. The highest BCUT2D eigenvalue weighted by Crippen LogP contribution is 2.24. The van der Waals surface area contributed by atoms with Crippen molar-refractivity contribution >= 4 is 11.0 Å². The number of aryl methyl sites for hydroxylation is 3. The molecule has 1 atom stereocenters. The fourth-order valence-electron chi connectivity index (χ4n) is 4.41. The van der Waals surface area contributed by atoms with Crippen LogP contribution in [0.15, 0.2) is 42.5 Å². The number of para-hydroxylation sites is 1. The molecule has 1 fully saturated rings. The molecule has 2 aromatic carbocycles. The van der Waals surface area contributed by atoms with E-state index in [1.165, 1.54) is 35.9 Å². The fourth-order valence-corrected chi connectivity index (χ4v) is 4.41. The maximum absolute atomic E-state index is 13.1. The summed E-state index contributed by atoms with van der Waals surface area (Å²) in [7, 11) is 2.13. The molecular weight excluding hydrogens is 337 g/mol. The second kappa shape index (κ2) is 7.81. The van der Waals surface area contributed by atoms with Gasteiger partial charge in [-0.25, -0.2) is 9.37 Å². The van der Waals surface area contributed by atoms with Gasteiger partial charge in [-0.05, 0) is 74.4 Å². The molecule has 4 rings (SSSR count). The van der Waals surface area contributed by atoms with Gasteiger partial charge in [-0.3, -0.25) is 4.90 Å². The van der Waals surface area contributed by atoms with Gasteiger partial charge in [0, 0.05) is 13.6 Å². The molecule has 0 bridgehead atoms. The van der Waals surface area contributed by atoms with Crippen LogP contribution in [0, 0.1) is 18.7 Å². The van der Waals surface area contributed by atoms with Gasteiger partial charge in [0.1, 0.15) is 11.6 Å². The van der Waals surface area contributed by atoms with Gasteiger partial charge in [0.05, 0.1) is 17.6 Å². The molecule has 0 aliphatic carbocycles. The highest BCUT2D eigenvalue weighted by atomic mass is 19.1. The predicted molar refractivity (Wildman–Crippen MR) is 108 cm³/mol. The van der Waals surface area contributed by atoms with Crippen molar-refractivity contribution in [2.75, 3.05) is 13.1 Å². The molecule has 1 aliphatic rings. The van der Waals surface area contributed by atoms with E-state index in [1.807, 2.05) is 12.1 Å². The topological polar surface area (TPSA) is 21.1 Å². The molecule has 1 aromatic heterocycles. The normalized spacial score (nSPS) is 18.3. The van der Waals surface area contributed by atoms with Crippen molar-refractivity contribution in [1.82, 2.24) is 14.5 Å². The fraction of sp³-hybridized carbons (Fsp3) is 0.435. The van der Waals surface area contributed by atoms with Crippen LogP contribution in [0.1, 0.15) is 36.2 Å². The average molecular weight is 365 g/mol. The van der Waals surface area contributed by atoms with Crippen LogP contribution in [-0.2, 0) is 20.0 Å². The maximum atomic E-state index is 13.1. The standard InChI is InChI=1S/C23H28FN3/c1-17-5-3-7-21-23(17)26(2)22(25-21)16-27-14-4-6-19(15-27)9-8-18-10-12-20(24)13-11-18/h3,5,7,10-13,19H,4,6,8-9,14-16H2,1-2H3. The van der Waals surface area contributed by atoms with E-state index in [2.05, 4.69) is 41.6 Å². The smallest absolute Gasteiger partial charge is 0.123 e. The van der Waals surface area contributed by atoms with Crippen molar-refractivity contribution < 1.29 is 4.39 Å². The monoisotopic (exact) mass is 365 g/mol. The number of imidazole rings is 1.